The van der Waals surface area contributed by atoms with Gasteiger partial charge in [-0.05, 0) is 0 Å². The zero-order chi connectivity index (χ0) is 8.65. The molecule has 12 heavy (non-hydrogen) atoms. The summed E-state index contributed by atoms with van der Waals surface area (Å²) in [6.07, 6.45) is 0.965. The van der Waals surface area contributed by atoms with Gasteiger partial charge in [0.15, 0.2) is 0 Å². The van der Waals surface area contributed by atoms with Gasteiger partial charge in [-0.25, -0.2) is 0 Å². The average molecular weight is 229 g/mol. The summed E-state index contributed by atoms with van der Waals surface area (Å²) in [6.45, 7) is 0.344. The van der Waals surface area contributed by atoms with Crippen LogP contribution in [-0.2, 0) is 5.32 Å². The fraction of sp³-hybridized carbons (Fsp3) is 0.400. The third-order valence-corrected chi connectivity index (χ3v) is 3.90. The summed E-state index contributed by atoms with van der Waals surface area (Å²) in [4.78, 5) is 0. The Kier molecular flexibility index (Phi) is 5.09. The summed E-state index contributed by atoms with van der Waals surface area (Å²) in [5.74, 6) is 0. The van der Waals surface area contributed by atoms with Crippen molar-refractivity contribution in [2.45, 2.75) is 17.1 Å². The molecule has 1 aromatic carbocycles. The molecule has 0 bridgehead atoms. The molecule has 0 atom stereocenters. The van der Waals surface area contributed by atoms with Gasteiger partial charge in [0.1, 0.15) is 0 Å². The summed E-state index contributed by atoms with van der Waals surface area (Å²) >= 11 is 0.671. The maximum absolute atomic E-state index is 8.57. The first kappa shape index (κ1) is 9.78. The van der Waals surface area contributed by atoms with E-state index >= 15 is 0 Å². The number of hydrogen-bond donors (Lipinski definition) is 1. The molecule has 66 valence electrons. The first-order valence-electron chi connectivity index (χ1n) is 4.16. The Morgan fingerprint density at radius 3 is 2.58 bits per heavy atom. The van der Waals surface area contributed by atoms with Gasteiger partial charge in [-0.3, -0.25) is 0 Å². The Bertz CT molecular complexity index is 198. The van der Waals surface area contributed by atoms with Crippen molar-refractivity contribution < 1.29 is 5.11 Å². The molecule has 1 rings (SSSR count). The van der Waals surface area contributed by atoms with Crippen molar-refractivity contribution in [1.29, 1.82) is 0 Å². The molecule has 0 fully saturated rings. The van der Waals surface area contributed by atoms with Crippen molar-refractivity contribution in [3.8, 4) is 0 Å². The third-order valence-electron chi connectivity index (χ3n) is 1.56. The summed E-state index contributed by atoms with van der Waals surface area (Å²) in [7, 11) is 0. The molecule has 1 aromatic rings. The zero-order valence-corrected chi connectivity index (χ0v) is 8.78. The fourth-order valence-electron chi connectivity index (χ4n) is 0.931. The topological polar surface area (TPSA) is 20.2 Å². The van der Waals surface area contributed by atoms with Crippen LogP contribution in [0.5, 0.6) is 0 Å². The molecule has 1 nitrogen and oxygen atoms in total. The van der Waals surface area contributed by atoms with E-state index < -0.39 is 0 Å². The first-order valence-corrected chi connectivity index (χ1v) is 6.58. The van der Waals surface area contributed by atoms with Crippen LogP contribution in [0.1, 0.15) is 12.0 Å². The Balaban J connectivity index is 2.16. The summed E-state index contributed by atoms with van der Waals surface area (Å²) in [6, 6.07) is 10.5. The second-order valence-electron chi connectivity index (χ2n) is 2.62. The van der Waals surface area contributed by atoms with Crippen LogP contribution in [0.4, 0.5) is 0 Å². The maximum atomic E-state index is 8.57. The molecule has 0 aliphatic rings. The predicted octanol–water partition coefficient (Wildman–Crippen LogP) is 1.69. The quantitative estimate of drug-likeness (QED) is 0.601. The van der Waals surface area contributed by atoms with E-state index in [9.17, 15) is 0 Å². The van der Waals surface area contributed by atoms with Crippen LogP contribution < -0.4 is 0 Å². The molecule has 0 aromatic heterocycles. The van der Waals surface area contributed by atoms with Crippen LogP contribution in [0.15, 0.2) is 30.3 Å². The van der Waals surface area contributed by atoms with Crippen molar-refractivity contribution in [2.24, 2.45) is 0 Å². The SMILES string of the molecule is OCCC[Se]Cc1ccccc1. The van der Waals surface area contributed by atoms with Crippen molar-refractivity contribution in [3.05, 3.63) is 35.9 Å². The number of hydrogen-bond acceptors (Lipinski definition) is 1. The molecular weight excluding hydrogens is 215 g/mol. The fourth-order valence-corrected chi connectivity index (χ4v) is 2.83. The van der Waals surface area contributed by atoms with Crippen molar-refractivity contribution >= 4 is 15.0 Å². The molecule has 0 radical (unpaired) electrons. The van der Waals surface area contributed by atoms with Gasteiger partial charge < -0.3 is 0 Å². The Morgan fingerprint density at radius 2 is 1.92 bits per heavy atom. The first-order chi connectivity index (χ1) is 5.93. The van der Waals surface area contributed by atoms with Gasteiger partial charge in [0.2, 0.25) is 0 Å². The summed E-state index contributed by atoms with van der Waals surface area (Å²) < 4.78 is 0. The second kappa shape index (κ2) is 6.24. The van der Waals surface area contributed by atoms with Gasteiger partial charge in [0, 0.05) is 0 Å². The molecule has 0 aliphatic carbocycles. The van der Waals surface area contributed by atoms with E-state index in [0.29, 0.717) is 21.6 Å². The van der Waals surface area contributed by atoms with Crippen LogP contribution >= 0.6 is 0 Å². The average Bonchev–Trinajstić information content (AvgIpc) is 2.14. The van der Waals surface area contributed by atoms with Gasteiger partial charge in [0.25, 0.3) is 0 Å². The molecule has 1 N–H and O–H groups in total. The van der Waals surface area contributed by atoms with Crippen molar-refractivity contribution in [3.63, 3.8) is 0 Å². The van der Waals surface area contributed by atoms with E-state index in [-0.39, 0.29) is 0 Å². The van der Waals surface area contributed by atoms with Crippen LogP contribution in [-0.4, -0.2) is 26.7 Å². The summed E-state index contributed by atoms with van der Waals surface area (Å²) in [5, 5.41) is 11.0. The van der Waals surface area contributed by atoms with E-state index in [4.69, 9.17) is 5.11 Å². The second-order valence-corrected chi connectivity index (χ2v) is 4.93. The number of aliphatic hydroxyl groups excluding tert-OH is 1. The van der Waals surface area contributed by atoms with Gasteiger partial charge in [-0.15, -0.1) is 0 Å². The normalized spacial score (nSPS) is 10.1. The molecular formula is C10H14OSe. The van der Waals surface area contributed by atoms with Crippen LogP contribution in [0.25, 0.3) is 0 Å². The minimum atomic E-state index is 0.344. The molecule has 0 heterocycles. The van der Waals surface area contributed by atoms with Crippen LogP contribution in [0, 0.1) is 0 Å². The molecule has 0 unspecified atom stereocenters. The van der Waals surface area contributed by atoms with Gasteiger partial charge in [-0.1, -0.05) is 0 Å². The molecule has 2 heteroatoms. The Labute approximate surface area is 80.0 Å². The number of aliphatic hydroxyl groups is 1. The van der Waals surface area contributed by atoms with E-state index in [1.54, 1.807) is 0 Å². The van der Waals surface area contributed by atoms with E-state index in [0.717, 1.165) is 6.42 Å². The monoisotopic (exact) mass is 230 g/mol. The van der Waals surface area contributed by atoms with E-state index in [1.165, 1.54) is 16.2 Å². The standard InChI is InChI=1S/C10H14OSe/c11-7-4-8-12-9-10-5-2-1-3-6-10/h1-3,5-6,11H,4,7-9H2. The molecule has 0 aliphatic heterocycles. The van der Waals surface area contributed by atoms with Gasteiger partial charge in [-0.2, -0.15) is 0 Å². The van der Waals surface area contributed by atoms with Gasteiger partial charge in [0.05, 0.1) is 0 Å². The number of benzene rings is 1. The van der Waals surface area contributed by atoms with Gasteiger partial charge >= 0.3 is 79.6 Å². The van der Waals surface area contributed by atoms with E-state index in [1.807, 2.05) is 6.07 Å². The molecule has 0 amide bonds. The van der Waals surface area contributed by atoms with Crippen LogP contribution in [0.2, 0.25) is 5.32 Å². The number of rotatable bonds is 5. The predicted molar refractivity (Wildman–Crippen MR) is 52.4 cm³/mol. The van der Waals surface area contributed by atoms with Crippen molar-refractivity contribution in [2.75, 3.05) is 6.61 Å². The molecule has 0 saturated carbocycles. The Morgan fingerprint density at radius 1 is 1.17 bits per heavy atom. The third kappa shape index (κ3) is 3.91. The zero-order valence-electron chi connectivity index (χ0n) is 7.07. The molecule has 0 saturated heterocycles. The summed E-state index contributed by atoms with van der Waals surface area (Å²) in [5.41, 5.74) is 1.43. The van der Waals surface area contributed by atoms with Crippen molar-refractivity contribution in [1.82, 2.24) is 0 Å². The van der Waals surface area contributed by atoms with Crippen LogP contribution in [0.3, 0.4) is 0 Å². The van der Waals surface area contributed by atoms with E-state index in [2.05, 4.69) is 24.3 Å². The molecule has 0 spiro atoms. The Hall–Kier alpha value is -0.301. The minimum absolute atomic E-state index is 0.344.